The molecule has 0 amide bonds. The van der Waals surface area contributed by atoms with Crippen molar-refractivity contribution in [3.63, 3.8) is 0 Å². The summed E-state index contributed by atoms with van der Waals surface area (Å²) in [5.41, 5.74) is 4.57. The number of hydrogen-bond donors (Lipinski definition) is 1. The molecule has 0 saturated heterocycles. The lowest BCUT2D eigenvalue weighted by Crippen LogP contribution is -2.14. The molecule has 0 bridgehead atoms. The number of carbonyl (C=O) groups excluding carboxylic acids is 1. The van der Waals surface area contributed by atoms with E-state index in [1.165, 1.54) is 17.5 Å². The van der Waals surface area contributed by atoms with Gasteiger partial charge >= 0.3 is 0 Å². The highest BCUT2D eigenvalue weighted by Crippen LogP contribution is 2.23. The maximum Gasteiger partial charge on any atom is 0.181 e. The summed E-state index contributed by atoms with van der Waals surface area (Å²) >= 11 is 0. The predicted molar refractivity (Wildman–Crippen MR) is 77.7 cm³/mol. The Hall–Kier alpha value is -2.09. The Balaban J connectivity index is 1.67. The summed E-state index contributed by atoms with van der Waals surface area (Å²) in [6.45, 7) is 0.350. The van der Waals surface area contributed by atoms with E-state index >= 15 is 0 Å². The number of carbonyl (C=O) groups is 1. The second-order valence-electron chi connectivity index (χ2n) is 4.98. The topological polar surface area (TPSA) is 29.1 Å². The molecule has 0 aromatic heterocycles. The van der Waals surface area contributed by atoms with Gasteiger partial charge in [-0.05, 0) is 48.6 Å². The first-order valence-corrected chi connectivity index (χ1v) is 6.77. The molecule has 1 aliphatic carbocycles. The van der Waals surface area contributed by atoms with E-state index in [-0.39, 0.29) is 5.78 Å². The van der Waals surface area contributed by atoms with Crippen molar-refractivity contribution in [1.82, 2.24) is 0 Å². The van der Waals surface area contributed by atoms with E-state index < -0.39 is 0 Å². The number of para-hydroxylation sites is 1. The minimum Gasteiger partial charge on any atom is -0.378 e. The lowest BCUT2D eigenvalue weighted by Gasteiger charge is -2.07. The van der Waals surface area contributed by atoms with Crippen LogP contribution in [-0.4, -0.2) is 12.3 Å². The maximum absolute atomic E-state index is 12.2. The molecule has 0 heterocycles. The summed E-state index contributed by atoms with van der Waals surface area (Å²) in [4.78, 5) is 12.2. The van der Waals surface area contributed by atoms with Gasteiger partial charge in [-0.25, -0.2) is 0 Å². The van der Waals surface area contributed by atoms with Crippen LogP contribution in [0.25, 0.3) is 0 Å². The van der Waals surface area contributed by atoms with Gasteiger partial charge in [0.25, 0.3) is 0 Å². The molecular formula is C17H17NO. The summed E-state index contributed by atoms with van der Waals surface area (Å²) in [5, 5.41) is 3.16. The molecule has 2 heteroatoms. The SMILES string of the molecule is O=C(CNc1ccccc1)c1ccc2c(c1)CCC2. The Bertz CT molecular complexity index is 589. The Morgan fingerprint density at radius 2 is 1.79 bits per heavy atom. The third-order valence-electron chi connectivity index (χ3n) is 3.65. The second kappa shape index (κ2) is 5.27. The molecule has 0 fully saturated rings. The molecule has 1 N–H and O–H groups in total. The van der Waals surface area contributed by atoms with Crippen LogP contribution in [-0.2, 0) is 12.8 Å². The van der Waals surface area contributed by atoms with Crippen molar-refractivity contribution < 1.29 is 4.79 Å². The van der Waals surface area contributed by atoms with E-state index in [0.29, 0.717) is 6.54 Å². The predicted octanol–water partition coefficient (Wildman–Crippen LogP) is 3.47. The molecule has 2 aromatic rings. The van der Waals surface area contributed by atoms with Gasteiger partial charge in [0.05, 0.1) is 6.54 Å². The number of anilines is 1. The van der Waals surface area contributed by atoms with Gasteiger partial charge in [-0.3, -0.25) is 4.79 Å². The monoisotopic (exact) mass is 251 g/mol. The van der Waals surface area contributed by atoms with Gasteiger partial charge in [0, 0.05) is 11.3 Å². The van der Waals surface area contributed by atoms with Crippen LogP contribution in [0.2, 0.25) is 0 Å². The highest BCUT2D eigenvalue weighted by molar-refractivity contribution is 5.99. The molecule has 19 heavy (non-hydrogen) atoms. The largest absolute Gasteiger partial charge is 0.378 e. The number of aryl methyl sites for hydroxylation is 2. The first kappa shape index (κ1) is 12.0. The fourth-order valence-electron chi connectivity index (χ4n) is 2.59. The van der Waals surface area contributed by atoms with E-state index in [9.17, 15) is 4.79 Å². The van der Waals surface area contributed by atoms with Crippen LogP contribution in [0.1, 0.15) is 27.9 Å². The Labute approximate surface area is 113 Å². The minimum absolute atomic E-state index is 0.151. The van der Waals surface area contributed by atoms with E-state index in [4.69, 9.17) is 0 Å². The van der Waals surface area contributed by atoms with Crippen molar-refractivity contribution in [1.29, 1.82) is 0 Å². The van der Waals surface area contributed by atoms with Crippen molar-refractivity contribution in [3.05, 3.63) is 65.2 Å². The van der Waals surface area contributed by atoms with Gasteiger partial charge in [-0.2, -0.15) is 0 Å². The molecule has 96 valence electrons. The number of nitrogens with one attached hydrogen (secondary N) is 1. The Morgan fingerprint density at radius 3 is 2.63 bits per heavy atom. The average Bonchev–Trinajstić information content (AvgIpc) is 2.93. The quantitative estimate of drug-likeness (QED) is 0.843. The number of benzene rings is 2. The summed E-state index contributed by atoms with van der Waals surface area (Å²) in [6, 6.07) is 16.0. The van der Waals surface area contributed by atoms with Crippen LogP contribution < -0.4 is 5.32 Å². The molecular weight excluding hydrogens is 234 g/mol. The summed E-state index contributed by atoms with van der Waals surface area (Å²) < 4.78 is 0. The number of Topliss-reactive ketones (excluding diaryl/α,β-unsaturated/α-hetero) is 1. The zero-order valence-electron chi connectivity index (χ0n) is 10.9. The number of hydrogen-bond acceptors (Lipinski definition) is 2. The van der Waals surface area contributed by atoms with Gasteiger partial charge in [0.2, 0.25) is 0 Å². The summed E-state index contributed by atoms with van der Waals surface area (Å²) in [7, 11) is 0. The van der Waals surface area contributed by atoms with Crippen LogP contribution in [0.15, 0.2) is 48.5 Å². The van der Waals surface area contributed by atoms with Crippen LogP contribution >= 0.6 is 0 Å². The summed E-state index contributed by atoms with van der Waals surface area (Å²) in [5.74, 6) is 0.151. The van der Waals surface area contributed by atoms with Crippen molar-refractivity contribution in [3.8, 4) is 0 Å². The molecule has 2 aromatic carbocycles. The van der Waals surface area contributed by atoms with Gasteiger partial charge in [0.15, 0.2) is 5.78 Å². The van der Waals surface area contributed by atoms with Crippen LogP contribution in [0.5, 0.6) is 0 Å². The molecule has 2 nitrogen and oxygen atoms in total. The molecule has 0 saturated carbocycles. The lowest BCUT2D eigenvalue weighted by molar-refractivity contribution is 0.101. The highest BCUT2D eigenvalue weighted by atomic mass is 16.1. The van der Waals surface area contributed by atoms with Crippen LogP contribution in [0.4, 0.5) is 5.69 Å². The zero-order chi connectivity index (χ0) is 13.1. The highest BCUT2D eigenvalue weighted by Gasteiger charge is 2.13. The molecule has 0 atom stereocenters. The van der Waals surface area contributed by atoms with Gasteiger partial charge in [-0.15, -0.1) is 0 Å². The van der Waals surface area contributed by atoms with Crippen LogP contribution in [0, 0.1) is 0 Å². The second-order valence-corrected chi connectivity index (χ2v) is 4.98. The van der Waals surface area contributed by atoms with Gasteiger partial charge < -0.3 is 5.32 Å². The number of fused-ring (bicyclic) bond motifs is 1. The van der Waals surface area contributed by atoms with Crippen molar-refractivity contribution in [2.24, 2.45) is 0 Å². The number of rotatable bonds is 4. The Kier molecular flexibility index (Phi) is 3.32. The average molecular weight is 251 g/mol. The third kappa shape index (κ3) is 2.68. The minimum atomic E-state index is 0.151. The van der Waals surface area contributed by atoms with E-state index in [2.05, 4.69) is 17.4 Å². The fourth-order valence-corrected chi connectivity index (χ4v) is 2.59. The molecule has 0 unspecified atom stereocenters. The zero-order valence-corrected chi connectivity index (χ0v) is 10.9. The van der Waals surface area contributed by atoms with E-state index in [1.54, 1.807) is 0 Å². The van der Waals surface area contributed by atoms with Crippen LogP contribution in [0.3, 0.4) is 0 Å². The molecule has 0 radical (unpaired) electrons. The van der Waals surface area contributed by atoms with Crippen molar-refractivity contribution >= 4 is 11.5 Å². The normalized spacial score (nSPS) is 13.1. The Morgan fingerprint density at radius 1 is 1.00 bits per heavy atom. The molecule has 3 rings (SSSR count). The van der Waals surface area contributed by atoms with Crippen molar-refractivity contribution in [2.45, 2.75) is 19.3 Å². The molecule has 0 aliphatic heterocycles. The molecule has 0 spiro atoms. The van der Waals surface area contributed by atoms with Crippen molar-refractivity contribution in [2.75, 3.05) is 11.9 Å². The molecule has 1 aliphatic rings. The summed E-state index contributed by atoms with van der Waals surface area (Å²) in [6.07, 6.45) is 3.49. The smallest absolute Gasteiger partial charge is 0.181 e. The van der Waals surface area contributed by atoms with Gasteiger partial charge in [0.1, 0.15) is 0 Å². The maximum atomic E-state index is 12.2. The first-order valence-electron chi connectivity index (χ1n) is 6.77. The fraction of sp³-hybridized carbons (Fsp3) is 0.235. The standard InChI is InChI=1S/C17H17NO/c19-17(12-18-16-7-2-1-3-8-16)15-10-9-13-5-4-6-14(13)11-15/h1-3,7-11,18H,4-6,12H2. The number of ketones is 1. The van der Waals surface area contributed by atoms with E-state index in [0.717, 1.165) is 24.1 Å². The third-order valence-corrected chi connectivity index (χ3v) is 3.65. The van der Waals surface area contributed by atoms with E-state index in [1.807, 2.05) is 36.4 Å². The lowest BCUT2D eigenvalue weighted by atomic mass is 10.0. The first-order chi connectivity index (χ1) is 9.33. The van der Waals surface area contributed by atoms with Gasteiger partial charge in [-0.1, -0.05) is 30.3 Å².